The molecule has 0 aliphatic carbocycles. The molecule has 1 heterocycles. The van der Waals surface area contributed by atoms with Gasteiger partial charge in [0.2, 0.25) is 0 Å². The van der Waals surface area contributed by atoms with Gasteiger partial charge in [0.15, 0.2) is 11.4 Å². The highest BCUT2D eigenvalue weighted by Crippen LogP contribution is 2.31. The predicted molar refractivity (Wildman–Crippen MR) is 152 cm³/mol. The minimum atomic E-state index is -1.91. The van der Waals surface area contributed by atoms with Gasteiger partial charge in [-0.25, -0.2) is 4.79 Å². The molecule has 40 heavy (non-hydrogen) atoms. The molecule has 0 saturated carbocycles. The van der Waals surface area contributed by atoms with Crippen LogP contribution >= 0.6 is 0 Å². The number of aliphatic hydroxyl groups is 4. The molecule has 0 radical (unpaired) electrons. The Morgan fingerprint density at radius 2 is 1.27 bits per heavy atom. The molecule has 4 N–H and O–H groups in total. The lowest BCUT2D eigenvalue weighted by atomic mass is 10.1. The van der Waals surface area contributed by atoms with E-state index in [0.717, 1.165) is 16.7 Å². The fourth-order valence-corrected chi connectivity index (χ4v) is 7.46. The molecule has 0 spiro atoms. The van der Waals surface area contributed by atoms with Gasteiger partial charge < -0.3 is 34.6 Å². The zero-order valence-corrected chi connectivity index (χ0v) is 23.0. The minimum Gasteiger partial charge on any atom is -0.459 e. The molecule has 3 aromatic carbocycles. The first kappa shape index (κ1) is 30.2. The first-order chi connectivity index (χ1) is 19.5. The van der Waals surface area contributed by atoms with E-state index >= 15 is 0 Å². The zero-order chi connectivity index (χ0) is 28.3. The SMILES string of the molecule is O=C(OCc1ccccc1)[C@H](O)[C@H](O)[C@H](O)C[S+]1C[C@H](OCc2ccccc2)[C@@H](OCc2ccccc2)[C@@H]1CO. The molecular formula is C31H37O8S+. The van der Waals surface area contributed by atoms with Crippen molar-refractivity contribution in [2.45, 2.75) is 55.6 Å². The zero-order valence-electron chi connectivity index (χ0n) is 22.2. The molecule has 1 fully saturated rings. The number of esters is 1. The first-order valence-electron chi connectivity index (χ1n) is 13.3. The summed E-state index contributed by atoms with van der Waals surface area (Å²) < 4.78 is 17.7. The van der Waals surface area contributed by atoms with Gasteiger partial charge in [-0.3, -0.25) is 0 Å². The molecule has 3 aromatic rings. The highest BCUT2D eigenvalue weighted by Gasteiger charge is 2.53. The van der Waals surface area contributed by atoms with Crippen molar-refractivity contribution in [3.8, 4) is 0 Å². The molecular weight excluding hydrogens is 532 g/mol. The van der Waals surface area contributed by atoms with E-state index in [4.69, 9.17) is 14.2 Å². The quantitative estimate of drug-likeness (QED) is 0.172. The molecule has 214 valence electrons. The summed E-state index contributed by atoms with van der Waals surface area (Å²) >= 11 is 0. The average Bonchev–Trinajstić information content (AvgIpc) is 3.33. The number of benzene rings is 3. The lowest BCUT2D eigenvalue weighted by molar-refractivity contribution is -0.165. The Kier molecular flexibility index (Phi) is 11.6. The van der Waals surface area contributed by atoms with E-state index in [0.29, 0.717) is 19.0 Å². The van der Waals surface area contributed by atoms with Gasteiger partial charge in [-0.05, 0) is 16.7 Å². The van der Waals surface area contributed by atoms with Gasteiger partial charge in [-0.2, -0.15) is 0 Å². The summed E-state index contributed by atoms with van der Waals surface area (Å²) in [5.74, 6) is -0.459. The third kappa shape index (κ3) is 8.37. The summed E-state index contributed by atoms with van der Waals surface area (Å²) in [5.41, 5.74) is 2.73. The van der Waals surface area contributed by atoms with Crippen molar-refractivity contribution in [3.63, 3.8) is 0 Å². The van der Waals surface area contributed by atoms with Gasteiger partial charge in [-0.15, -0.1) is 0 Å². The Morgan fingerprint density at radius 3 is 1.80 bits per heavy atom. The highest BCUT2D eigenvalue weighted by molar-refractivity contribution is 7.97. The van der Waals surface area contributed by atoms with Gasteiger partial charge in [-0.1, -0.05) is 91.0 Å². The average molecular weight is 570 g/mol. The van der Waals surface area contributed by atoms with E-state index in [2.05, 4.69) is 0 Å². The van der Waals surface area contributed by atoms with E-state index in [1.54, 1.807) is 24.3 Å². The van der Waals surface area contributed by atoms with Crippen LogP contribution in [0.1, 0.15) is 16.7 Å². The summed E-state index contributed by atoms with van der Waals surface area (Å²) in [6.45, 7) is 0.445. The Labute approximate surface area is 237 Å². The third-order valence-electron chi connectivity index (χ3n) is 6.88. The molecule has 1 aliphatic rings. The summed E-state index contributed by atoms with van der Waals surface area (Å²) in [6, 6.07) is 28.4. The Bertz CT molecular complexity index is 1150. The predicted octanol–water partition coefficient (Wildman–Crippen LogP) is 1.98. The topological polar surface area (TPSA) is 126 Å². The van der Waals surface area contributed by atoms with E-state index in [-0.39, 0.29) is 30.3 Å². The van der Waals surface area contributed by atoms with Crippen LogP contribution in [0.15, 0.2) is 91.0 Å². The number of hydrogen-bond acceptors (Lipinski definition) is 8. The smallest absolute Gasteiger partial charge is 0.338 e. The van der Waals surface area contributed by atoms with Crippen LogP contribution in [0.5, 0.6) is 0 Å². The lowest BCUT2D eigenvalue weighted by Gasteiger charge is -2.23. The number of carbonyl (C=O) groups excluding carboxylic acids is 1. The maximum Gasteiger partial charge on any atom is 0.338 e. The molecule has 7 atom stereocenters. The summed E-state index contributed by atoms with van der Waals surface area (Å²) in [5, 5.41) is 41.8. The minimum absolute atomic E-state index is 0.0582. The second-order valence-electron chi connectivity index (χ2n) is 9.78. The highest BCUT2D eigenvalue weighted by atomic mass is 32.2. The number of hydrogen-bond donors (Lipinski definition) is 4. The number of ether oxygens (including phenoxy) is 3. The van der Waals surface area contributed by atoms with Crippen molar-refractivity contribution in [3.05, 3.63) is 108 Å². The van der Waals surface area contributed by atoms with Crippen LogP contribution in [0.25, 0.3) is 0 Å². The van der Waals surface area contributed by atoms with Crippen molar-refractivity contribution < 1.29 is 39.4 Å². The van der Waals surface area contributed by atoms with Crippen LogP contribution in [0.4, 0.5) is 0 Å². The Balaban J connectivity index is 1.38. The maximum absolute atomic E-state index is 12.3. The van der Waals surface area contributed by atoms with Crippen LogP contribution in [0.2, 0.25) is 0 Å². The van der Waals surface area contributed by atoms with Crippen LogP contribution in [0, 0.1) is 0 Å². The van der Waals surface area contributed by atoms with Gasteiger partial charge in [0.1, 0.15) is 42.5 Å². The molecule has 8 nitrogen and oxygen atoms in total. The monoisotopic (exact) mass is 569 g/mol. The molecule has 1 unspecified atom stereocenters. The second kappa shape index (κ2) is 15.3. The number of rotatable bonds is 14. The molecule has 0 aromatic heterocycles. The molecule has 1 aliphatic heterocycles. The van der Waals surface area contributed by atoms with E-state index in [1.807, 2.05) is 66.7 Å². The molecule has 4 rings (SSSR count). The van der Waals surface area contributed by atoms with Gasteiger partial charge in [0, 0.05) is 10.9 Å². The normalized spacial score (nSPS) is 22.9. The van der Waals surface area contributed by atoms with Crippen LogP contribution in [-0.2, 0) is 49.7 Å². The largest absolute Gasteiger partial charge is 0.459 e. The van der Waals surface area contributed by atoms with Gasteiger partial charge in [0.05, 0.1) is 19.8 Å². The van der Waals surface area contributed by atoms with Crippen molar-refractivity contribution >= 4 is 16.9 Å². The molecule has 1 saturated heterocycles. The van der Waals surface area contributed by atoms with Crippen molar-refractivity contribution in [1.29, 1.82) is 0 Å². The fraction of sp³-hybridized carbons (Fsp3) is 0.387. The molecule has 9 heteroatoms. The van der Waals surface area contributed by atoms with Crippen LogP contribution in [-0.4, -0.2) is 80.3 Å². The second-order valence-corrected chi connectivity index (χ2v) is 12.1. The van der Waals surface area contributed by atoms with Crippen LogP contribution < -0.4 is 0 Å². The Morgan fingerprint density at radius 1 is 0.775 bits per heavy atom. The number of carbonyl (C=O) groups is 1. The summed E-state index contributed by atoms with van der Waals surface area (Å²) in [7, 11) is -0.628. The molecule has 0 amide bonds. The van der Waals surface area contributed by atoms with Crippen molar-refractivity contribution in [1.82, 2.24) is 0 Å². The first-order valence-corrected chi connectivity index (χ1v) is 14.9. The van der Waals surface area contributed by atoms with Gasteiger partial charge in [0.25, 0.3) is 0 Å². The Hall–Kier alpha value is -2.76. The van der Waals surface area contributed by atoms with Crippen molar-refractivity contribution in [2.75, 3.05) is 18.1 Å². The van der Waals surface area contributed by atoms with Crippen molar-refractivity contribution in [2.24, 2.45) is 0 Å². The van der Waals surface area contributed by atoms with E-state index in [9.17, 15) is 25.2 Å². The van der Waals surface area contributed by atoms with Crippen LogP contribution in [0.3, 0.4) is 0 Å². The lowest BCUT2D eigenvalue weighted by Crippen LogP contribution is -2.47. The summed E-state index contributed by atoms with van der Waals surface area (Å²) in [4.78, 5) is 12.3. The molecule has 0 bridgehead atoms. The third-order valence-corrected chi connectivity index (χ3v) is 9.68. The van der Waals surface area contributed by atoms with E-state index < -0.39 is 41.3 Å². The summed E-state index contributed by atoms with van der Waals surface area (Å²) in [6.07, 6.45) is -5.87. The standard InChI is InChI=1S/C31H37O8S/c32-16-27-30(38-18-23-12-6-2-7-13-23)26(37-17-22-10-4-1-5-11-22)21-40(27)20-25(33)28(34)29(35)31(36)39-19-24-14-8-3-9-15-24/h1-15,25-30,32-35H,16-21H2/q+1/t25-,26+,27+,28-,29-,30-,40?/m1/s1. The fourth-order valence-electron chi connectivity index (χ4n) is 4.64. The van der Waals surface area contributed by atoms with Gasteiger partial charge >= 0.3 is 5.97 Å². The maximum atomic E-state index is 12.3. The van der Waals surface area contributed by atoms with E-state index in [1.165, 1.54) is 0 Å². The number of aliphatic hydroxyl groups excluding tert-OH is 4.